The molecule has 2 heterocycles. The SMILES string of the molecule is CCC.COC(=O)NCCNC(C)c1ccc(N2CC2c2ccncc2)cc1. The van der Waals surface area contributed by atoms with Crippen LogP contribution in [0.4, 0.5) is 10.5 Å². The average Bonchev–Trinajstić information content (AvgIpc) is 3.53. The van der Waals surface area contributed by atoms with Gasteiger partial charge in [0.2, 0.25) is 0 Å². The normalized spacial score (nSPS) is 15.9. The highest BCUT2D eigenvalue weighted by Gasteiger charge is 2.35. The van der Waals surface area contributed by atoms with E-state index in [0.29, 0.717) is 19.1 Å². The van der Waals surface area contributed by atoms with Gasteiger partial charge in [-0.2, -0.15) is 0 Å². The van der Waals surface area contributed by atoms with Crippen molar-refractivity contribution in [1.82, 2.24) is 15.6 Å². The molecule has 1 aliphatic heterocycles. The molecule has 0 spiro atoms. The van der Waals surface area contributed by atoms with E-state index < -0.39 is 6.09 Å². The molecular weight excluding hydrogens is 352 g/mol. The Morgan fingerprint density at radius 3 is 2.43 bits per heavy atom. The first-order chi connectivity index (χ1) is 13.6. The van der Waals surface area contributed by atoms with E-state index in [1.54, 1.807) is 0 Å². The third-order valence-corrected chi connectivity index (χ3v) is 4.46. The lowest BCUT2D eigenvalue weighted by Crippen LogP contribution is -2.32. The highest BCUT2D eigenvalue weighted by atomic mass is 16.5. The maximum Gasteiger partial charge on any atom is 0.406 e. The zero-order valence-corrected chi connectivity index (χ0v) is 17.3. The van der Waals surface area contributed by atoms with E-state index in [1.165, 1.54) is 30.3 Å². The first-order valence-electron chi connectivity index (χ1n) is 9.92. The maximum absolute atomic E-state index is 11.0. The summed E-state index contributed by atoms with van der Waals surface area (Å²) in [7, 11) is 1.36. The number of nitrogens with zero attached hydrogens (tertiary/aromatic N) is 2. The van der Waals surface area contributed by atoms with Crippen LogP contribution in [-0.4, -0.2) is 37.8 Å². The molecule has 2 aromatic rings. The summed E-state index contributed by atoms with van der Waals surface area (Å²) in [5.41, 5.74) is 3.78. The Kier molecular flexibility index (Phi) is 8.75. The van der Waals surface area contributed by atoms with Crippen LogP contribution in [0.5, 0.6) is 0 Å². The van der Waals surface area contributed by atoms with E-state index in [1.807, 2.05) is 12.4 Å². The minimum absolute atomic E-state index is 0.221. The van der Waals surface area contributed by atoms with Gasteiger partial charge in [-0.1, -0.05) is 32.4 Å². The Hall–Kier alpha value is -2.60. The Labute approximate surface area is 168 Å². The number of carbonyl (C=O) groups excluding carboxylic acids is 1. The van der Waals surface area contributed by atoms with Gasteiger partial charge in [0.25, 0.3) is 0 Å². The molecule has 6 nitrogen and oxygen atoms in total. The number of hydrogen-bond donors (Lipinski definition) is 2. The fourth-order valence-electron chi connectivity index (χ4n) is 2.89. The van der Waals surface area contributed by atoms with Gasteiger partial charge in [0, 0.05) is 43.8 Å². The molecule has 1 aliphatic rings. The van der Waals surface area contributed by atoms with Crippen molar-refractivity contribution in [3.8, 4) is 0 Å². The first-order valence-corrected chi connectivity index (χ1v) is 9.92. The highest BCUT2D eigenvalue weighted by Crippen LogP contribution is 2.39. The number of aromatic nitrogens is 1. The predicted molar refractivity (Wildman–Crippen MR) is 114 cm³/mol. The summed E-state index contributed by atoms with van der Waals surface area (Å²) < 4.78 is 4.54. The molecule has 2 atom stereocenters. The summed E-state index contributed by atoms with van der Waals surface area (Å²) in [6, 6.07) is 13.5. The van der Waals surface area contributed by atoms with E-state index in [4.69, 9.17) is 0 Å². The number of pyridine rings is 1. The van der Waals surface area contributed by atoms with E-state index in [0.717, 1.165) is 6.54 Å². The van der Waals surface area contributed by atoms with Gasteiger partial charge in [0.1, 0.15) is 0 Å². The largest absolute Gasteiger partial charge is 0.453 e. The van der Waals surface area contributed by atoms with Gasteiger partial charge in [-0.05, 0) is 42.3 Å². The Morgan fingerprint density at radius 2 is 1.82 bits per heavy atom. The molecule has 0 bridgehead atoms. The standard InChI is InChI=1S/C19H24N4O2.C3H8/c1-14(21-11-12-22-19(24)25-2)15-3-5-17(6-4-15)23-13-18(23)16-7-9-20-10-8-16;1-3-2/h3-10,14,18,21H,11-13H2,1-2H3,(H,22,24);3H2,1-2H3. The van der Waals surface area contributed by atoms with Crippen LogP contribution in [-0.2, 0) is 4.74 Å². The van der Waals surface area contributed by atoms with Crippen molar-refractivity contribution in [3.05, 3.63) is 59.9 Å². The number of amides is 1. The van der Waals surface area contributed by atoms with E-state index in [-0.39, 0.29) is 6.04 Å². The van der Waals surface area contributed by atoms with Crippen molar-refractivity contribution in [2.24, 2.45) is 0 Å². The molecule has 0 radical (unpaired) electrons. The molecule has 2 N–H and O–H groups in total. The van der Waals surface area contributed by atoms with Gasteiger partial charge in [-0.15, -0.1) is 0 Å². The number of benzene rings is 1. The topological polar surface area (TPSA) is 66.3 Å². The van der Waals surface area contributed by atoms with E-state index in [2.05, 4.69) is 82.4 Å². The number of rotatable bonds is 7. The molecule has 1 fully saturated rings. The molecule has 1 saturated heterocycles. The molecule has 1 aromatic heterocycles. The lowest BCUT2D eigenvalue weighted by Gasteiger charge is -2.15. The lowest BCUT2D eigenvalue weighted by atomic mass is 10.1. The van der Waals surface area contributed by atoms with Crippen LogP contribution in [0.1, 0.15) is 50.4 Å². The number of alkyl carbamates (subject to hydrolysis) is 1. The average molecular weight is 385 g/mol. The second-order valence-electron chi connectivity index (χ2n) is 6.84. The van der Waals surface area contributed by atoms with Crippen LogP contribution in [0.15, 0.2) is 48.8 Å². The minimum atomic E-state index is -0.402. The molecule has 28 heavy (non-hydrogen) atoms. The third-order valence-electron chi connectivity index (χ3n) is 4.46. The minimum Gasteiger partial charge on any atom is -0.453 e. The van der Waals surface area contributed by atoms with Crippen LogP contribution >= 0.6 is 0 Å². The van der Waals surface area contributed by atoms with Crippen LogP contribution in [0.3, 0.4) is 0 Å². The Balaban J connectivity index is 0.000000878. The maximum atomic E-state index is 11.0. The zero-order chi connectivity index (χ0) is 20.4. The molecule has 3 rings (SSSR count). The number of nitrogens with one attached hydrogen (secondary N) is 2. The number of hydrogen-bond acceptors (Lipinski definition) is 5. The monoisotopic (exact) mass is 384 g/mol. The van der Waals surface area contributed by atoms with E-state index in [9.17, 15) is 4.79 Å². The van der Waals surface area contributed by atoms with Crippen molar-refractivity contribution in [1.29, 1.82) is 0 Å². The van der Waals surface area contributed by atoms with Gasteiger partial charge < -0.3 is 20.3 Å². The smallest absolute Gasteiger partial charge is 0.406 e. The molecule has 6 heteroatoms. The predicted octanol–water partition coefficient (Wildman–Crippen LogP) is 4.07. The van der Waals surface area contributed by atoms with Gasteiger partial charge >= 0.3 is 6.09 Å². The van der Waals surface area contributed by atoms with Gasteiger partial charge in [0.15, 0.2) is 0 Å². The van der Waals surface area contributed by atoms with E-state index >= 15 is 0 Å². The Bertz CT molecular complexity index is 706. The summed E-state index contributed by atoms with van der Waals surface area (Å²) in [6.07, 6.45) is 4.54. The fraction of sp³-hybridized carbons (Fsp3) is 0.455. The molecule has 152 valence electrons. The van der Waals surface area contributed by atoms with Crippen molar-refractivity contribution < 1.29 is 9.53 Å². The third kappa shape index (κ3) is 6.53. The summed E-state index contributed by atoms with van der Waals surface area (Å²) in [5, 5.41) is 6.04. The Morgan fingerprint density at radius 1 is 1.18 bits per heavy atom. The molecule has 0 saturated carbocycles. The lowest BCUT2D eigenvalue weighted by molar-refractivity contribution is 0.171. The number of ether oxygens (including phenoxy) is 1. The summed E-state index contributed by atoms with van der Waals surface area (Å²) in [5.74, 6) is 0. The molecule has 0 aliphatic carbocycles. The summed E-state index contributed by atoms with van der Waals surface area (Å²) in [4.78, 5) is 17.4. The first kappa shape index (κ1) is 21.7. The van der Waals surface area contributed by atoms with Gasteiger partial charge in [0.05, 0.1) is 13.2 Å². The number of carbonyl (C=O) groups is 1. The van der Waals surface area contributed by atoms with Crippen molar-refractivity contribution in [2.45, 2.75) is 39.3 Å². The molecule has 1 aromatic carbocycles. The second-order valence-corrected chi connectivity index (χ2v) is 6.84. The van der Waals surface area contributed by atoms with Crippen molar-refractivity contribution in [2.75, 3.05) is 31.6 Å². The van der Waals surface area contributed by atoms with Crippen LogP contribution < -0.4 is 15.5 Å². The summed E-state index contributed by atoms with van der Waals surface area (Å²) in [6.45, 7) is 8.64. The van der Waals surface area contributed by atoms with Crippen LogP contribution in [0, 0.1) is 0 Å². The quantitative estimate of drug-likeness (QED) is 0.556. The molecule has 2 unspecified atom stereocenters. The van der Waals surface area contributed by atoms with Crippen LogP contribution in [0.2, 0.25) is 0 Å². The second kappa shape index (κ2) is 11.3. The van der Waals surface area contributed by atoms with Crippen molar-refractivity contribution in [3.63, 3.8) is 0 Å². The van der Waals surface area contributed by atoms with Crippen molar-refractivity contribution >= 4 is 11.8 Å². The molecule has 1 amide bonds. The fourth-order valence-corrected chi connectivity index (χ4v) is 2.89. The van der Waals surface area contributed by atoms with Gasteiger partial charge in [-0.25, -0.2) is 4.79 Å². The highest BCUT2D eigenvalue weighted by molar-refractivity contribution is 5.66. The van der Waals surface area contributed by atoms with Crippen LogP contribution in [0.25, 0.3) is 0 Å². The molecular formula is C22H32N4O2. The number of methoxy groups -OCH3 is 1. The summed E-state index contributed by atoms with van der Waals surface area (Å²) >= 11 is 0. The number of anilines is 1. The zero-order valence-electron chi connectivity index (χ0n) is 17.3. The van der Waals surface area contributed by atoms with Gasteiger partial charge in [-0.3, -0.25) is 4.98 Å².